The molecule has 5 N–H and O–H groups in total. The lowest BCUT2D eigenvalue weighted by molar-refractivity contribution is -0.135. The van der Waals surface area contributed by atoms with Gasteiger partial charge in [0.1, 0.15) is 11.9 Å². The average molecular weight is 549 g/mol. The third-order valence-electron chi connectivity index (χ3n) is 5.80. The van der Waals surface area contributed by atoms with Crippen LogP contribution in [-0.2, 0) is 9.59 Å². The number of nitrogens with one attached hydrogen (secondary N) is 3. The van der Waals surface area contributed by atoms with Crippen molar-refractivity contribution in [2.24, 2.45) is 5.73 Å². The molecule has 0 spiro atoms. The Morgan fingerprint density at radius 1 is 1.12 bits per heavy atom. The largest absolute Gasteiger partial charge is 0.369 e. The highest BCUT2D eigenvalue weighted by atomic mass is 16.2. The second-order valence-electron chi connectivity index (χ2n) is 9.44. The highest BCUT2D eigenvalue weighted by Crippen LogP contribution is 2.18. The lowest BCUT2D eigenvalue weighted by atomic mass is 10.2. The predicted molar refractivity (Wildman–Crippen MR) is 158 cm³/mol. The molecule has 0 bridgehead atoms. The van der Waals surface area contributed by atoms with Crippen molar-refractivity contribution in [2.45, 2.75) is 39.2 Å². The van der Waals surface area contributed by atoms with Gasteiger partial charge in [0, 0.05) is 50.4 Å². The smallest absolute Gasteiger partial charge is 0.248 e. The van der Waals surface area contributed by atoms with Crippen molar-refractivity contribution in [1.29, 1.82) is 0 Å². The molecule has 3 amide bonds. The summed E-state index contributed by atoms with van der Waals surface area (Å²) in [6, 6.07) is 6.14. The number of hydrogen-bond acceptors (Lipinski definition) is 8. The summed E-state index contributed by atoms with van der Waals surface area (Å²) in [6.45, 7) is 5.59. The van der Waals surface area contributed by atoms with Crippen LogP contribution >= 0.6 is 0 Å². The number of nitrogens with two attached hydrogens (primary N) is 1. The van der Waals surface area contributed by atoms with E-state index in [0.717, 1.165) is 18.7 Å². The summed E-state index contributed by atoms with van der Waals surface area (Å²) < 4.78 is 0. The maximum absolute atomic E-state index is 12.5. The second-order valence-corrected chi connectivity index (χ2v) is 9.44. The third-order valence-corrected chi connectivity index (χ3v) is 5.80. The molecule has 1 aromatic heterocycles. The standard InChI is InChI=1S/C29H40N8O3/c1-6-17-31-27-23(20-33-29(35-27)34-24-15-13-22(14-16-24)26(30)39)11-8-7-9-18-32-28(40)21(2)37(5)25(38)12-10-19-36(3)4/h10,12-16,20-21H,6-7,9,17-19H2,1-5H3,(H2,30,39)(H,32,40)(H2,31,33,34,35)/b12-10+. The number of primary amides is 1. The third kappa shape index (κ3) is 10.7. The van der Waals surface area contributed by atoms with E-state index in [9.17, 15) is 14.4 Å². The molecule has 0 fully saturated rings. The monoisotopic (exact) mass is 548 g/mol. The zero-order valence-electron chi connectivity index (χ0n) is 24.0. The van der Waals surface area contributed by atoms with Gasteiger partial charge in [-0.2, -0.15) is 4.98 Å². The van der Waals surface area contributed by atoms with Crippen LogP contribution in [0.4, 0.5) is 17.5 Å². The van der Waals surface area contributed by atoms with Gasteiger partial charge in [-0.15, -0.1) is 0 Å². The molecular weight excluding hydrogens is 508 g/mol. The Morgan fingerprint density at radius 3 is 2.50 bits per heavy atom. The number of hydrogen-bond donors (Lipinski definition) is 4. The first kappa shape index (κ1) is 31.8. The minimum absolute atomic E-state index is 0.211. The molecule has 11 nitrogen and oxygen atoms in total. The molecule has 0 saturated heterocycles. The molecule has 11 heteroatoms. The van der Waals surface area contributed by atoms with Crippen LogP contribution in [0, 0.1) is 11.8 Å². The Hall–Kier alpha value is -4.43. The number of amides is 3. The summed E-state index contributed by atoms with van der Waals surface area (Å²) in [5.74, 6) is 6.33. The molecule has 1 unspecified atom stereocenters. The second kappa shape index (κ2) is 16.5. The number of nitrogens with zero attached hydrogens (tertiary/aromatic N) is 4. The van der Waals surface area contributed by atoms with E-state index in [1.54, 1.807) is 50.5 Å². The Labute approximate surface area is 236 Å². The number of carbonyl (C=O) groups excluding carboxylic acids is 3. The first-order valence-electron chi connectivity index (χ1n) is 13.2. The van der Waals surface area contributed by atoms with Crippen molar-refractivity contribution in [3.05, 3.63) is 53.7 Å². The summed E-state index contributed by atoms with van der Waals surface area (Å²) in [5.41, 5.74) is 7.10. The fourth-order valence-electron chi connectivity index (χ4n) is 3.30. The van der Waals surface area contributed by atoms with Crippen molar-refractivity contribution >= 4 is 35.2 Å². The first-order chi connectivity index (χ1) is 19.1. The van der Waals surface area contributed by atoms with Gasteiger partial charge in [-0.05, 0) is 58.1 Å². The van der Waals surface area contributed by atoms with Gasteiger partial charge in [0.2, 0.25) is 23.7 Å². The Balaban J connectivity index is 1.89. The molecule has 1 heterocycles. The van der Waals surface area contributed by atoms with Crippen molar-refractivity contribution in [3.63, 3.8) is 0 Å². The maximum atomic E-state index is 12.5. The highest BCUT2D eigenvalue weighted by Gasteiger charge is 2.20. The number of benzene rings is 1. The van der Waals surface area contributed by atoms with Gasteiger partial charge >= 0.3 is 0 Å². The van der Waals surface area contributed by atoms with Crippen LogP contribution in [0.3, 0.4) is 0 Å². The normalized spacial score (nSPS) is 11.4. The van der Waals surface area contributed by atoms with Crippen LogP contribution in [0.1, 0.15) is 49.0 Å². The van der Waals surface area contributed by atoms with Gasteiger partial charge in [-0.3, -0.25) is 14.4 Å². The fraction of sp³-hybridized carbons (Fsp3) is 0.414. The Morgan fingerprint density at radius 2 is 1.85 bits per heavy atom. The molecule has 0 radical (unpaired) electrons. The fourth-order valence-corrected chi connectivity index (χ4v) is 3.30. The topological polar surface area (TPSA) is 146 Å². The zero-order chi connectivity index (χ0) is 29.5. The van der Waals surface area contributed by atoms with Crippen molar-refractivity contribution in [2.75, 3.05) is 51.4 Å². The Kier molecular flexibility index (Phi) is 13.1. The van der Waals surface area contributed by atoms with Gasteiger partial charge < -0.3 is 31.5 Å². The van der Waals surface area contributed by atoms with Crippen LogP contribution < -0.4 is 21.7 Å². The molecule has 1 atom stereocenters. The summed E-state index contributed by atoms with van der Waals surface area (Å²) in [4.78, 5) is 48.3. The van der Waals surface area contributed by atoms with E-state index < -0.39 is 11.9 Å². The van der Waals surface area contributed by atoms with Crippen LogP contribution in [0.2, 0.25) is 0 Å². The van der Waals surface area contributed by atoms with Crippen LogP contribution in [0.25, 0.3) is 0 Å². The van der Waals surface area contributed by atoms with Crippen molar-refractivity contribution in [3.8, 4) is 11.8 Å². The van der Waals surface area contributed by atoms with Gasteiger partial charge in [-0.1, -0.05) is 24.8 Å². The molecule has 0 saturated carbocycles. The lowest BCUT2D eigenvalue weighted by Crippen LogP contribution is -2.45. The maximum Gasteiger partial charge on any atom is 0.248 e. The molecule has 1 aromatic carbocycles. The van der Waals surface area contributed by atoms with E-state index in [-0.39, 0.29) is 11.8 Å². The summed E-state index contributed by atoms with van der Waals surface area (Å²) in [5, 5.41) is 9.26. The van der Waals surface area contributed by atoms with E-state index in [1.807, 2.05) is 19.0 Å². The van der Waals surface area contributed by atoms with Gasteiger partial charge in [0.15, 0.2) is 0 Å². The number of anilines is 3. The van der Waals surface area contributed by atoms with Crippen molar-refractivity contribution < 1.29 is 14.4 Å². The number of likely N-dealkylation sites (N-methyl/N-ethyl adjacent to an activating group) is 2. The lowest BCUT2D eigenvalue weighted by Gasteiger charge is -2.23. The number of carbonyl (C=O) groups is 3. The van der Waals surface area contributed by atoms with Crippen LogP contribution in [0.15, 0.2) is 42.6 Å². The molecule has 2 aromatic rings. The number of unbranched alkanes of at least 4 members (excludes halogenated alkanes) is 1. The van der Waals surface area contributed by atoms with E-state index >= 15 is 0 Å². The number of aromatic nitrogens is 2. The summed E-state index contributed by atoms with van der Waals surface area (Å²) in [7, 11) is 5.45. The molecule has 0 aliphatic heterocycles. The first-order valence-corrected chi connectivity index (χ1v) is 13.2. The summed E-state index contributed by atoms with van der Waals surface area (Å²) >= 11 is 0. The molecule has 214 valence electrons. The van der Waals surface area contributed by atoms with Gasteiger partial charge in [-0.25, -0.2) is 4.98 Å². The van der Waals surface area contributed by atoms with Crippen molar-refractivity contribution in [1.82, 2.24) is 25.1 Å². The molecule has 40 heavy (non-hydrogen) atoms. The van der Waals surface area contributed by atoms with Gasteiger partial charge in [0.05, 0.1) is 11.8 Å². The van der Waals surface area contributed by atoms with Gasteiger partial charge in [0.25, 0.3) is 0 Å². The number of rotatable bonds is 14. The quantitative estimate of drug-likeness (QED) is 0.160. The van der Waals surface area contributed by atoms with E-state index in [2.05, 4.69) is 44.7 Å². The minimum Gasteiger partial charge on any atom is -0.369 e. The van der Waals surface area contributed by atoms with E-state index in [0.29, 0.717) is 48.8 Å². The highest BCUT2D eigenvalue weighted by molar-refractivity contribution is 5.93. The van der Waals surface area contributed by atoms with Crippen LogP contribution in [-0.4, -0.2) is 84.3 Å². The average Bonchev–Trinajstić information content (AvgIpc) is 2.93. The predicted octanol–water partition coefficient (Wildman–Crippen LogP) is 2.35. The molecular formula is C29H40N8O3. The molecule has 0 aliphatic carbocycles. The molecule has 2 rings (SSSR count). The zero-order valence-corrected chi connectivity index (χ0v) is 24.0. The SMILES string of the molecule is CCCNc1nc(Nc2ccc(C(N)=O)cc2)ncc1C#CCCCNC(=O)C(C)N(C)C(=O)/C=C/CN(C)C. The molecule has 0 aliphatic rings. The Bertz CT molecular complexity index is 1230. The van der Waals surface area contributed by atoms with Crippen LogP contribution in [0.5, 0.6) is 0 Å². The van der Waals surface area contributed by atoms with E-state index in [4.69, 9.17) is 5.73 Å². The summed E-state index contributed by atoms with van der Waals surface area (Å²) in [6.07, 6.45) is 7.05. The van der Waals surface area contributed by atoms with E-state index in [1.165, 1.54) is 11.0 Å². The minimum atomic E-state index is -0.583.